The van der Waals surface area contributed by atoms with Crippen molar-refractivity contribution in [1.29, 1.82) is 0 Å². The van der Waals surface area contributed by atoms with Crippen molar-refractivity contribution in [1.82, 2.24) is 4.98 Å². The first-order chi connectivity index (χ1) is 7.83. The molecule has 0 radical (unpaired) electrons. The summed E-state index contributed by atoms with van der Waals surface area (Å²) in [6.07, 6.45) is 5.05. The van der Waals surface area contributed by atoms with Gasteiger partial charge in [-0.25, -0.2) is 4.98 Å². The predicted molar refractivity (Wildman–Crippen MR) is 74.8 cm³/mol. The fraction of sp³-hybridized carbons (Fsp3) is 0.750. The van der Waals surface area contributed by atoms with E-state index in [0.29, 0.717) is 0 Å². The monoisotopic (exact) mass is 302 g/mol. The molecule has 1 aliphatic heterocycles. The topological polar surface area (TPSA) is 16.1 Å². The van der Waals surface area contributed by atoms with Crippen LogP contribution in [0.1, 0.15) is 31.9 Å². The van der Waals surface area contributed by atoms with Crippen LogP contribution in [0, 0.1) is 5.92 Å². The van der Waals surface area contributed by atoms with Gasteiger partial charge in [-0.2, -0.15) is 0 Å². The summed E-state index contributed by atoms with van der Waals surface area (Å²) in [6.45, 7) is 4.56. The maximum atomic E-state index is 4.68. The van der Waals surface area contributed by atoms with Gasteiger partial charge in [-0.05, 0) is 31.6 Å². The Hall–Kier alpha value is -0.0900. The van der Waals surface area contributed by atoms with E-state index in [1.54, 1.807) is 11.3 Å². The van der Waals surface area contributed by atoms with Crippen LogP contribution in [-0.2, 0) is 6.42 Å². The largest absolute Gasteiger partial charge is 0.348 e. The molecule has 0 amide bonds. The first-order valence-electron chi connectivity index (χ1n) is 6.08. The van der Waals surface area contributed by atoms with Gasteiger partial charge in [0.1, 0.15) is 0 Å². The smallest absolute Gasteiger partial charge is 0.185 e. The average Bonchev–Trinajstić information content (AvgIpc) is 2.78. The zero-order valence-electron chi connectivity index (χ0n) is 9.79. The van der Waals surface area contributed by atoms with Crippen molar-refractivity contribution >= 4 is 32.4 Å². The molecule has 1 atom stereocenters. The third-order valence-corrected chi connectivity index (χ3v) is 4.62. The number of thiazole rings is 1. The van der Waals surface area contributed by atoms with Crippen molar-refractivity contribution in [3.8, 4) is 0 Å². The Kier molecular flexibility index (Phi) is 4.65. The first kappa shape index (κ1) is 12.4. The summed E-state index contributed by atoms with van der Waals surface area (Å²) >= 11 is 5.35. The van der Waals surface area contributed by atoms with Crippen LogP contribution in [0.3, 0.4) is 0 Å². The second-order valence-corrected chi connectivity index (χ2v) is 6.04. The molecule has 0 saturated carbocycles. The van der Waals surface area contributed by atoms with Crippen molar-refractivity contribution in [3.05, 3.63) is 11.1 Å². The van der Waals surface area contributed by atoms with Crippen LogP contribution in [0.15, 0.2) is 5.38 Å². The number of anilines is 1. The van der Waals surface area contributed by atoms with Crippen molar-refractivity contribution in [3.63, 3.8) is 0 Å². The Labute approximate surface area is 110 Å². The fourth-order valence-electron chi connectivity index (χ4n) is 2.23. The maximum absolute atomic E-state index is 4.68. The maximum Gasteiger partial charge on any atom is 0.185 e. The molecule has 0 N–H and O–H groups in total. The fourth-order valence-corrected chi connectivity index (χ4v) is 3.83. The van der Waals surface area contributed by atoms with Crippen molar-refractivity contribution in [2.75, 3.05) is 23.3 Å². The van der Waals surface area contributed by atoms with E-state index in [-0.39, 0.29) is 0 Å². The summed E-state index contributed by atoms with van der Waals surface area (Å²) in [4.78, 5) is 7.15. The van der Waals surface area contributed by atoms with Crippen LogP contribution >= 0.6 is 27.3 Å². The van der Waals surface area contributed by atoms with E-state index in [2.05, 4.69) is 38.1 Å². The number of hydrogen-bond donors (Lipinski definition) is 0. The highest BCUT2D eigenvalue weighted by molar-refractivity contribution is 9.09. The second kappa shape index (κ2) is 6.01. The van der Waals surface area contributed by atoms with Crippen LogP contribution in [0.2, 0.25) is 0 Å². The van der Waals surface area contributed by atoms with E-state index in [1.165, 1.54) is 43.2 Å². The van der Waals surface area contributed by atoms with Crippen molar-refractivity contribution in [2.45, 2.75) is 32.6 Å². The summed E-state index contributed by atoms with van der Waals surface area (Å²) in [5.74, 6) is 0.849. The molecule has 0 bridgehead atoms. The quantitative estimate of drug-likeness (QED) is 0.788. The van der Waals surface area contributed by atoms with Gasteiger partial charge in [-0.3, -0.25) is 0 Å². The van der Waals surface area contributed by atoms with E-state index in [1.807, 2.05) is 0 Å². The Morgan fingerprint density at radius 3 is 3.19 bits per heavy atom. The summed E-state index contributed by atoms with van der Waals surface area (Å²) in [6, 6.07) is 0. The van der Waals surface area contributed by atoms with Crippen molar-refractivity contribution < 1.29 is 0 Å². The second-order valence-electron chi connectivity index (χ2n) is 4.41. The summed E-state index contributed by atoms with van der Waals surface area (Å²) in [7, 11) is 0. The zero-order chi connectivity index (χ0) is 11.4. The molecule has 4 heteroatoms. The number of rotatable bonds is 4. The number of aromatic nitrogens is 1. The molecule has 1 aliphatic rings. The van der Waals surface area contributed by atoms with Gasteiger partial charge in [-0.1, -0.05) is 22.9 Å². The van der Waals surface area contributed by atoms with E-state index >= 15 is 0 Å². The molecule has 0 aliphatic carbocycles. The molecule has 2 heterocycles. The number of nitrogens with zero attached hydrogens (tertiary/aromatic N) is 2. The van der Waals surface area contributed by atoms with Crippen LogP contribution in [0.4, 0.5) is 5.13 Å². The van der Waals surface area contributed by atoms with E-state index in [0.717, 1.165) is 17.7 Å². The number of piperidine rings is 1. The third kappa shape index (κ3) is 2.98. The number of alkyl halides is 1. The Bertz CT molecular complexity index is 325. The molecule has 0 spiro atoms. The summed E-state index contributed by atoms with van der Waals surface area (Å²) in [5.41, 5.74) is 1.24. The molecule has 2 rings (SSSR count). The van der Waals surface area contributed by atoms with Crippen LogP contribution in [-0.4, -0.2) is 23.4 Å². The number of aryl methyl sites for hydroxylation is 1. The number of hydrogen-bond acceptors (Lipinski definition) is 3. The van der Waals surface area contributed by atoms with E-state index in [4.69, 9.17) is 0 Å². The molecular weight excluding hydrogens is 284 g/mol. The SMILES string of the molecule is CCc1csc(N2CCCC(CCBr)C2)n1. The van der Waals surface area contributed by atoms with E-state index < -0.39 is 0 Å². The minimum atomic E-state index is 0.849. The minimum absolute atomic E-state index is 0.849. The van der Waals surface area contributed by atoms with Gasteiger partial charge in [0.05, 0.1) is 5.69 Å². The van der Waals surface area contributed by atoms with Gasteiger partial charge < -0.3 is 4.90 Å². The molecule has 1 aromatic heterocycles. The van der Waals surface area contributed by atoms with Crippen LogP contribution in [0.5, 0.6) is 0 Å². The highest BCUT2D eigenvalue weighted by atomic mass is 79.9. The zero-order valence-corrected chi connectivity index (χ0v) is 12.2. The highest BCUT2D eigenvalue weighted by Gasteiger charge is 2.21. The van der Waals surface area contributed by atoms with Gasteiger partial charge in [0.2, 0.25) is 0 Å². The van der Waals surface area contributed by atoms with Crippen LogP contribution in [0.25, 0.3) is 0 Å². The Morgan fingerprint density at radius 2 is 2.50 bits per heavy atom. The molecule has 16 heavy (non-hydrogen) atoms. The van der Waals surface area contributed by atoms with Gasteiger partial charge >= 0.3 is 0 Å². The average molecular weight is 303 g/mol. The van der Waals surface area contributed by atoms with Crippen molar-refractivity contribution in [2.24, 2.45) is 5.92 Å². The molecule has 2 nitrogen and oxygen atoms in total. The van der Waals surface area contributed by atoms with Gasteiger partial charge in [0.25, 0.3) is 0 Å². The highest BCUT2D eigenvalue weighted by Crippen LogP contribution is 2.27. The number of halogens is 1. The normalized spacial score (nSPS) is 21.4. The van der Waals surface area contributed by atoms with Gasteiger partial charge in [-0.15, -0.1) is 11.3 Å². The van der Waals surface area contributed by atoms with Gasteiger partial charge in [0.15, 0.2) is 5.13 Å². The lowest BCUT2D eigenvalue weighted by Gasteiger charge is -2.32. The Balaban J connectivity index is 1.98. The molecule has 0 aromatic carbocycles. The molecule has 1 saturated heterocycles. The minimum Gasteiger partial charge on any atom is -0.348 e. The molecular formula is C12H19BrN2S. The lowest BCUT2D eigenvalue weighted by Crippen LogP contribution is -2.35. The molecule has 90 valence electrons. The third-order valence-electron chi connectivity index (χ3n) is 3.21. The van der Waals surface area contributed by atoms with E-state index in [9.17, 15) is 0 Å². The standard InChI is InChI=1S/C12H19BrN2S/c1-2-11-9-16-12(14-11)15-7-3-4-10(8-15)5-6-13/h9-10H,2-8H2,1H3. The molecule has 1 unspecified atom stereocenters. The summed E-state index contributed by atoms with van der Waals surface area (Å²) in [5, 5.41) is 4.56. The molecule has 1 aromatic rings. The van der Waals surface area contributed by atoms with Crippen LogP contribution < -0.4 is 4.90 Å². The predicted octanol–water partition coefficient (Wildman–Crippen LogP) is 3.71. The Morgan fingerprint density at radius 1 is 1.62 bits per heavy atom. The lowest BCUT2D eigenvalue weighted by molar-refractivity contribution is 0.407. The first-order valence-corrected chi connectivity index (χ1v) is 8.09. The van der Waals surface area contributed by atoms with Gasteiger partial charge in [0, 0.05) is 23.8 Å². The summed E-state index contributed by atoms with van der Waals surface area (Å²) < 4.78 is 0. The molecule has 1 fully saturated rings. The lowest BCUT2D eigenvalue weighted by atomic mass is 9.96.